The molecule has 0 aromatic carbocycles. The molecule has 4 amide bonds. The summed E-state index contributed by atoms with van der Waals surface area (Å²) in [5.41, 5.74) is 12.1. The number of aromatic amines is 2. The van der Waals surface area contributed by atoms with Gasteiger partial charge in [0.2, 0.25) is 23.6 Å². The van der Waals surface area contributed by atoms with Gasteiger partial charge in [0.05, 0.1) is 24.8 Å². The zero-order valence-electron chi connectivity index (χ0n) is 20.0. The normalized spacial score (nSPS) is 15.0. The number of rotatable bonds is 15. The predicted octanol–water partition coefficient (Wildman–Crippen LogP) is -3.57. The zero-order valence-corrected chi connectivity index (χ0v) is 20.0. The van der Waals surface area contributed by atoms with Gasteiger partial charge < -0.3 is 47.6 Å². The summed E-state index contributed by atoms with van der Waals surface area (Å²) in [6.45, 7) is 1.21. The van der Waals surface area contributed by atoms with Crippen molar-refractivity contribution in [2.45, 2.75) is 62.9 Å². The molecule has 0 saturated carbocycles. The molecule has 0 aliphatic heterocycles. The standard InChI is InChI=1S/C21H31N9O7/c1-10(31)17(20(35)29-15(21(36)37)5-12-7-25-9-27-12)30-19(34)14(2-3-16(23)32)28-18(33)13(22)4-11-6-24-8-26-11/h6-10,13-15,17,31H,2-5,22H2,1H3,(H2,23,32)(H,24,26)(H,25,27)(H,28,33)(H,29,35)(H,30,34)(H,36,37). The number of hydrogen-bond donors (Lipinski definition) is 9. The molecule has 16 nitrogen and oxygen atoms in total. The van der Waals surface area contributed by atoms with Crippen LogP contribution in [0, 0.1) is 0 Å². The summed E-state index contributed by atoms with van der Waals surface area (Å²) in [4.78, 5) is 74.4. The molecule has 11 N–H and O–H groups in total. The summed E-state index contributed by atoms with van der Waals surface area (Å²) >= 11 is 0. The lowest BCUT2D eigenvalue weighted by Gasteiger charge is -2.26. The summed E-state index contributed by atoms with van der Waals surface area (Å²) in [5, 5.41) is 26.6. The Bertz CT molecular complexity index is 1060. The SMILES string of the molecule is CC(O)C(NC(=O)C(CCC(N)=O)NC(=O)C(N)Cc1cnc[nH]1)C(=O)NC(Cc1cnc[nH]1)C(=O)O. The smallest absolute Gasteiger partial charge is 0.326 e. The first-order chi connectivity index (χ1) is 17.5. The number of carbonyl (C=O) groups is 5. The fourth-order valence-electron chi connectivity index (χ4n) is 3.30. The van der Waals surface area contributed by atoms with Crippen molar-refractivity contribution < 1.29 is 34.2 Å². The molecule has 0 fully saturated rings. The second-order valence-corrected chi connectivity index (χ2v) is 8.36. The number of nitrogens with one attached hydrogen (secondary N) is 5. The van der Waals surface area contributed by atoms with Crippen molar-refractivity contribution in [1.82, 2.24) is 35.9 Å². The van der Waals surface area contributed by atoms with Gasteiger partial charge >= 0.3 is 5.97 Å². The van der Waals surface area contributed by atoms with Crippen LogP contribution in [-0.2, 0) is 36.8 Å². The van der Waals surface area contributed by atoms with Crippen molar-refractivity contribution >= 4 is 29.6 Å². The van der Waals surface area contributed by atoms with E-state index < -0.39 is 59.9 Å². The molecule has 0 radical (unpaired) electrons. The summed E-state index contributed by atoms with van der Waals surface area (Å²) in [7, 11) is 0. The van der Waals surface area contributed by atoms with Gasteiger partial charge in [-0.15, -0.1) is 0 Å². The van der Waals surface area contributed by atoms with Crippen molar-refractivity contribution in [2.75, 3.05) is 0 Å². The molecule has 2 rings (SSSR count). The van der Waals surface area contributed by atoms with Gasteiger partial charge in [0.1, 0.15) is 18.1 Å². The summed E-state index contributed by atoms with van der Waals surface area (Å²) in [5.74, 6) is -4.70. The number of carbonyl (C=O) groups excluding carboxylic acids is 4. The minimum absolute atomic E-state index is 0.0849. The van der Waals surface area contributed by atoms with Crippen LogP contribution < -0.4 is 27.4 Å². The first kappa shape index (κ1) is 28.9. The highest BCUT2D eigenvalue weighted by Gasteiger charge is 2.33. The number of carboxylic acids is 1. The molecule has 0 saturated heterocycles. The molecule has 202 valence electrons. The van der Waals surface area contributed by atoms with Gasteiger partial charge in [-0.05, 0) is 13.3 Å². The molecule has 37 heavy (non-hydrogen) atoms. The number of aliphatic carboxylic acids is 1. The van der Waals surface area contributed by atoms with Crippen molar-refractivity contribution in [3.8, 4) is 0 Å². The summed E-state index contributed by atoms with van der Waals surface area (Å²) in [6, 6.07) is -5.37. The fourth-order valence-corrected chi connectivity index (χ4v) is 3.30. The third-order valence-electron chi connectivity index (χ3n) is 5.30. The molecular formula is C21H31N9O7. The summed E-state index contributed by atoms with van der Waals surface area (Å²) < 4.78 is 0. The van der Waals surface area contributed by atoms with E-state index in [0.29, 0.717) is 11.4 Å². The van der Waals surface area contributed by atoms with Crippen LogP contribution in [0.25, 0.3) is 0 Å². The lowest BCUT2D eigenvalue weighted by molar-refractivity contribution is -0.143. The molecule has 0 aliphatic carbocycles. The van der Waals surface area contributed by atoms with Gasteiger partial charge in [0.25, 0.3) is 0 Å². The maximum absolute atomic E-state index is 13.0. The number of nitrogens with zero attached hydrogens (tertiary/aromatic N) is 2. The molecule has 5 unspecified atom stereocenters. The maximum Gasteiger partial charge on any atom is 0.326 e. The van der Waals surface area contributed by atoms with Crippen LogP contribution >= 0.6 is 0 Å². The van der Waals surface area contributed by atoms with Gasteiger partial charge in [-0.25, -0.2) is 14.8 Å². The molecule has 2 aromatic rings. The minimum Gasteiger partial charge on any atom is -0.480 e. The maximum atomic E-state index is 13.0. The van der Waals surface area contributed by atoms with Gasteiger partial charge in [-0.3, -0.25) is 19.2 Å². The Kier molecular flexibility index (Phi) is 10.7. The molecule has 0 bridgehead atoms. The molecule has 0 aliphatic rings. The molecule has 2 heterocycles. The van der Waals surface area contributed by atoms with Crippen molar-refractivity contribution in [1.29, 1.82) is 0 Å². The number of primary amides is 1. The quantitative estimate of drug-likeness (QED) is 0.111. The predicted molar refractivity (Wildman–Crippen MR) is 126 cm³/mol. The van der Waals surface area contributed by atoms with Crippen LogP contribution in [0.2, 0.25) is 0 Å². The van der Waals surface area contributed by atoms with Crippen LogP contribution in [0.4, 0.5) is 0 Å². The van der Waals surface area contributed by atoms with Gasteiger partial charge in [-0.2, -0.15) is 0 Å². The van der Waals surface area contributed by atoms with E-state index in [9.17, 15) is 34.2 Å². The summed E-state index contributed by atoms with van der Waals surface area (Å²) in [6.07, 6.45) is 3.65. The first-order valence-electron chi connectivity index (χ1n) is 11.3. The Morgan fingerprint density at radius 1 is 0.919 bits per heavy atom. The number of H-pyrrole nitrogens is 2. The highest BCUT2D eigenvalue weighted by molar-refractivity contribution is 5.94. The van der Waals surface area contributed by atoms with Crippen molar-refractivity contribution in [2.24, 2.45) is 11.5 Å². The minimum atomic E-state index is -1.58. The van der Waals surface area contributed by atoms with Crippen LogP contribution in [0.15, 0.2) is 25.0 Å². The van der Waals surface area contributed by atoms with E-state index in [-0.39, 0.29) is 25.7 Å². The number of aromatic nitrogens is 4. The molecule has 0 spiro atoms. The number of aliphatic hydroxyl groups excluding tert-OH is 1. The van der Waals surface area contributed by atoms with Crippen LogP contribution in [0.3, 0.4) is 0 Å². The third-order valence-corrected chi connectivity index (χ3v) is 5.30. The topological polar surface area (TPSA) is 271 Å². The Morgan fingerprint density at radius 3 is 1.97 bits per heavy atom. The average molecular weight is 522 g/mol. The van der Waals surface area contributed by atoms with Crippen LogP contribution in [-0.4, -0.2) is 90.0 Å². The number of nitrogens with two attached hydrogens (primary N) is 2. The zero-order chi connectivity index (χ0) is 27.5. The van der Waals surface area contributed by atoms with E-state index in [1.54, 1.807) is 0 Å². The Morgan fingerprint density at radius 2 is 1.49 bits per heavy atom. The van der Waals surface area contributed by atoms with E-state index >= 15 is 0 Å². The average Bonchev–Trinajstić information content (AvgIpc) is 3.53. The Balaban J connectivity index is 2.09. The van der Waals surface area contributed by atoms with Gasteiger partial charge in [0, 0.05) is 43.0 Å². The van der Waals surface area contributed by atoms with Crippen LogP contribution in [0.5, 0.6) is 0 Å². The Hall–Kier alpha value is -4.31. The van der Waals surface area contributed by atoms with Crippen molar-refractivity contribution in [3.63, 3.8) is 0 Å². The number of imidazole rings is 2. The van der Waals surface area contributed by atoms with E-state index in [1.807, 2.05) is 0 Å². The van der Waals surface area contributed by atoms with Gasteiger partial charge in [-0.1, -0.05) is 0 Å². The Labute approximate surface area is 211 Å². The van der Waals surface area contributed by atoms with Gasteiger partial charge in [0.15, 0.2) is 0 Å². The monoisotopic (exact) mass is 521 g/mol. The lowest BCUT2D eigenvalue weighted by atomic mass is 10.1. The highest BCUT2D eigenvalue weighted by atomic mass is 16.4. The number of carboxylic acid groups (broad SMARTS) is 1. The van der Waals surface area contributed by atoms with Crippen molar-refractivity contribution in [3.05, 3.63) is 36.4 Å². The second kappa shape index (κ2) is 13.7. The fraction of sp³-hybridized carbons (Fsp3) is 0.476. The van der Waals surface area contributed by atoms with Crippen LogP contribution in [0.1, 0.15) is 31.2 Å². The van der Waals surface area contributed by atoms with E-state index in [2.05, 4.69) is 35.9 Å². The number of amides is 4. The lowest BCUT2D eigenvalue weighted by Crippen LogP contribution is -2.60. The largest absolute Gasteiger partial charge is 0.480 e. The van der Waals surface area contributed by atoms with E-state index in [1.165, 1.54) is 32.0 Å². The third kappa shape index (κ3) is 9.34. The van der Waals surface area contributed by atoms with E-state index in [0.717, 1.165) is 0 Å². The molecule has 16 heteroatoms. The second-order valence-electron chi connectivity index (χ2n) is 8.36. The molecular weight excluding hydrogens is 490 g/mol. The molecule has 2 aromatic heterocycles. The number of aliphatic hydroxyl groups is 1. The molecule has 5 atom stereocenters. The van der Waals surface area contributed by atoms with E-state index in [4.69, 9.17) is 11.5 Å². The first-order valence-corrected chi connectivity index (χ1v) is 11.3. The number of hydrogen-bond acceptors (Lipinski definition) is 9. The highest BCUT2D eigenvalue weighted by Crippen LogP contribution is 2.05.